The average molecular weight is 383 g/mol. The van der Waals surface area contributed by atoms with Crippen LogP contribution in [-0.4, -0.2) is 63.4 Å². The van der Waals surface area contributed by atoms with E-state index in [-0.39, 0.29) is 11.5 Å². The molecule has 1 aliphatic rings. The number of rotatable bonds is 7. The van der Waals surface area contributed by atoms with Gasteiger partial charge in [0.15, 0.2) is 0 Å². The molecule has 0 radical (unpaired) electrons. The van der Waals surface area contributed by atoms with Crippen molar-refractivity contribution in [3.05, 3.63) is 46.1 Å². The lowest BCUT2D eigenvalue weighted by Crippen LogP contribution is -2.41. The molecule has 0 aliphatic carbocycles. The van der Waals surface area contributed by atoms with Crippen molar-refractivity contribution >= 4 is 5.91 Å². The summed E-state index contributed by atoms with van der Waals surface area (Å²) in [7, 11) is 1.86. The summed E-state index contributed by atoms with van der Waals surface area (Å²) in [6, 6.07) is 4.10. The van der Waals surface area contributed by atoms with Gasteiger partial charge in [-0.25, -0.2) is 4.98 Å². The minimum atomic E-state index is -0.185. The number of aromatic nitrogens is 3. The summed E-state index contributed by atoms with van der Waals surface area (Å²) in [6.07, 6.45) is 6.39. The van der Waals surface area contributed by atoms with Gasteiger partial charge in [-0.05, 0) is 51.4 Å². The molecule has 0 bridgehead atoms. The second kappa shape index (κ2) is 9.10. The van der Waals surface area contributed by atoms with Crippen LogP contribution in [0, 0.1) is 6.92 Å². The smallest absolute Gasteiger partial charge is 0.254 e. The largest absolute Gasteiger partial charge is 0.344 e. The fourth-order valence-electron chi connectivity index (χ4n) is 3.90. The number of hydrogen-bond acceptors (Lipinski definition) is 5. The monoisotopic (exact) mass is 383 g/mol. The molecule has 3 rings (SSSR count). The van der Waals surface area contributed by atoms with Crippen LogP contribution in [0.2, 0.25) is 0 Å². The highest BCUT2D eigenvalue weighted by atomic mass is 16.2. The van der Waals surface area contributed by atoms with Crippen LogP contribution >= 0.6 is 0 Å². The quantitative estimate of drug-likeness (QED) is 0.791. The van der Waals surface area contributed by atoms with Gasteiger partial charge < -0.3 is 9.88 Å². The normalized spacial score (nSPS) is 17.0. The van der Waals surface area contributed by atoms with Crippen LogP contribution in [0.1, 0.15) is 37.4 Å². The first-order chi connectivity index (χ1) is 13.5. The van der Waals surface area contributed by atoms with E-state index >= 15 is 0 Å². The molecule has 1 N–H and O–H groups in total. The Morgan fingerprint density at radius 2 is 2.25 bits per heavy atom. The molecule has 1 aliphatic heterocycles. The van der Waals surface area contributed by atoms with Crippen molar-refractivity contribution in [3.63, 3.8) is 0 Å². The van der Waals surface area contributed by atoms with Crippen LogP contribution in [0.4, 0.5) is 0 Å². The maximum Gasteiger partial charge on any atom is 0.254 e. The zero-order chi connectivity index (χ0) is 20.1. The molecule has 0 saturated carbocycles. The van der Waals surface area contributed by atoms with E-state index in [0.717, 1.165) is 31.6 Å². The lowest BCUT2D eigenvalue weighted by atomic mass is 10.1. The van der Waals surface area contributed by atoms with E-state index in [1.54, 1.807) is 23.4 Å². The molecular formula is C21H29N5O2. The molecule has 3 heterocycles. The minimum Gasteiger partial charge on any atom is -0.344 e. The molecule has 1 atom stereocenters. The van der Waals surface area contributed by atoms with Gasteiger partial charge in [-0.3, -0.25) is 19.5 Å². The van der Waals surface area contributed by atoms with Crippen LogP contribution in [0.5, 0.6) is 0 Å². The molecule has 0 spiro atoms. The maximum absolute atomic E-state index is 12.6. The molecular weight excluding hydrogens is 354 g/mol. The molecule has 1 saturated heterocycles. The van der Waals surface area contributed by atoms with E-state index in [1.807, 2.05) is 20.0 Å². The lowest BCUT2D eigenvalue weighted by Gasteiger charge is -2.27. The topological polar surface area (TPSA) is 82.2 Å². The third kappa shape index (κ3) is 4.65. The molecule has 150 valence electrons. The highest BCUT2D eigenvalue weighted by Gasteiger charge is 2.25. The molecule has 2 aromatic rings. The first-order valence-electron chi connectivity index (χ1n) is 9.97. The zero-order valence-electron chi connectivity index (χ0n) is 16.9. The summed E-state index contributed by atoms with van der Waals surface area (Å²) in [5.74, 6) is 0.571. The average Bonchev–Trinajstić information content (AvgIpc) is 3.14. The predicted molar refractivity (Wildman–Crippen MR) is 109 cm³/mol. The van der Waals surface area contributed by atoms with Gasteiger partial charge in [0.2, 0.25) is 5.91 Å². The first kappa shape index (κ1) is 20.2. The van der Waals surface area contributed by atoms with Crippen molar-refractivity contribution in [2.24, 2.45) is 0 Å². The van der Waals surface area contributed by atoms with E-state index < -0.39 is 0 Å². The van der Waals surface area contributed by atoms with Gasteiger partial charge in [-0.1, -0.05) is 6.92 Å². The van der Waals surface area contributed by atoms with Gasteiger partial charge >= 0.3 is 0 Å². The number of likely N-dealkylation sites (N-methyl/N-ethyl adjacent to an activating group) is 2. The van der Waals surface area contributed by atoms with Gasteiger partial charge in [-0.2, -0.15) is 0 Å². The number of carbonyl (C=O) groups is 1. The Labute approximate surface area is 165 Å². The number of carbonyl (C=O) groups excluding carboxylic acids is 1. The van der Waals surface area contributed by atoms with Crippen LogP contribution in [0.25, 0.3) is 11.4 Å². The number of hydrogen-bond donors (Lipinski definition) is 1. The highest BCUT2D eigenvalue weighted by molar-refractivity contribution is 5.76. The Morgan fingerprint density at radius 3 is 2.93 bits per heavy atom. The summed E-state index contributed by atoms with van der Waals surface area (Å²) in [5, 5.41) is 0. The molecule has 1 fully saturated rings. The predicted octanol–water partition coefficient (Wildman–Crippen LogP) is 2.02. The Kier molecular flexibility index (Phi) is 6.57. The van der Waals surface area contributed by atoms with Gasteiger partial charge in [0.05, 0.1) is 0 Å². The molecule has 0 aromatic carbocycles. The lowest BCUT2D eigenvalue weighted by molar-refractivity contribution is -0.130. The molecule has 1 amide bonds. The van der Waals surface area contributed by atoms with E-state index in [1.165, 1.54) is 6.42 Å². The van der Waals surface area contributed by atoms with Gasteiger partial charge in [-0.15, -0.1) is 0 Å². The van der Waals surface area contributed by atoms with Gasteiger partial charge in [0.25, 0.3) is 5.56 Å². The zero-order valence-corrected chi connectivity index (χ0v) is 16.9. The fraction of sp³-hybridized carbons (Fsp3) is 0.524. The standard InChI is InChI=1S/C21H29N5O2/c1-4-26-12-6-8-17(26)14-25(3)19(27)10-9-18-15(2)23-20(24-21(18)28)16-7-5-11-22-13-16/h5,7,11,13,17H,4,6,8-10,12,14H2,1-3H3,(H,23,24,28). The summed E-state index contributed by atoms with van der Waals surface area (Å²) in [6.45, 7) is 6.87. The van der Waals surface area contributed by atoms with Crippen molar-refractivity contribution in [2.75, 3.05) is 26.7 Å². The number of H-pyrrole nitrogens is 1. The SMILES string of the molecule is CCN1CCCC1CN(C)C(=O)CCc1c(C)nc(-c2cccnc2)[nH]c1=O. The molecule has 2 aromatic heterocycles. The molecule has 7 heteroatoms. The first-order valence-corrected chi connectivity index (χ1v) is 9.97. The Hall–Kier alpha value is -2.54. The Morgan fingerprint density at radius 1 is 1.43 bits per heavy atom. The number of nitrogens with one attached hydrogen (secondary N) is 1. The fourth-order valence-corrected chi connectivity index (χ4v) is 3.90. The van der Waals surface area contributed by atoms with Crippen molar-refractivity contribution in [3.8, 4) is 11.4 Å². The van der Waals surface area contributed by atoms with Crippen LogP contribution < -0.4 is 5.56 Å². The Bertz CT molecular complexity index is 865. The van der Waals surface area contributed by atoms with Crippen molar-refractivity contribution in [1.82, 2.24) is 24.8 Å². The van der Waals surface area contributed by atoms with Crippen molar-refractivity contribution in [2.45, 2.75) is 45.6 Å². The van der Waals surface area contributed by atoms with Gasteiger partial charge in [0, 0.05) is 55.3 Å². The summed E-state index contributed by atoms with van der Waals surface area (Å²) >= 11 is 0. The second-order valence-corrected chi connectivity index (χ2v) is 7.42. The van der Waals surface area contributed by atoms with Gasteiger partial charge in [0.1, 0.15) is 5.82 Å². The number of pyridine rings is 1. The van der Waals surface area contributed by atoms with E-state index in [2.05, 4.69) is 26.8 Å². The minimum absolute atomic E-state index is 0.0677. The summed E-state index contributed by atoms with van der Waals surface area (Å²) < 4.78 is 0. The number of nitrogens with zero attached hydrogens (tertiary/aromatic N) is 4. The number of amides is 1. The molecule has 28 heavy (non-hydrogen) atoms. The number of aryl methyl sites for hydroxylation is 1. The van der Waals surface area contributed by atoms with Crippen molar-refractivity contribution < 1.29 is 4.79 Å². The third-order valence-corrected chi connectivity index (χ3v) is 5.56. The summed E-state index contributed by atoms with van der Waals surface area (Å²) in [4.78, 5) is 40.7. The molecule has 1 unspecified atom stereocenters. The van der Waals surface area contributed by atoms with Crippen LogP contribution in [-0.2, 0) is 11.2 Å². The van der Waals surface area contributed by atoms with Crippen molar-refractivity contribution in [1.29, 1.82) is 0 Å². The molecule has 7 nitrogen and oxygen atoms in total. The Balaban J connectivity index is 1.62. The van der Waals surface area contributed by atoms with E-state index in [9.17, 15) is 9.59 Å². The highest BCUT2D eigenvalue weighted by Crippen LogP contribution is 2.18. The maximum atomic E-state index is 12.6. The van der Waals surface area contributed by atoms with Crippen LogP contribution in [0.3, 0.4) is 0 Å². The second-order valence-electron chi connectivity index (χ2n) is 7.42. The summed E-state index contributed by atoms with van der Waals surface area (Å²) in [5.41, 5.74) is 1.81. The number of likely N-dealkylation sites (tertiary alicyclic amines) is 1. The van der Waals surface area contributed by atoms with Crippen LogP contribution in [0.15, 0.2) is 29.3 Å². The van der Waals surface area contributed by atoms with E-state index in [4.69, 9.17) is 0 Å². The number of aromatic amines is 1. The van der Waals surface area contributed by atoms with E-state index in [0.29, 0.717) is 36.0 Å². The third-order valence-electron chi connectivity index (χ3n) is 5.56.